The molecule has 0 aliphatic rings. The average Bonchev–Trinajstić information content (AvgIpc) is 3.32. The van der Waals surface area contributed by atoms with Gasteiger partial charge in [-0.3, -0.25) is 4.79 Å². The van der Waals surface area contributed by atoms with Crippen LogP contribution in [0.5, 0.6) is 0 Å². The van der Waals surface area contributed by atoms with Crippen LogP contribution in [0.15, 0.2) is 65.4 Å². The quantitative estimate of drug-likeness (QED) is 0.494. The molecule has 0 saturated heterocycles. The second-order valence-electron chi connectivity index (χ2n) is 6.14. The molecule has 0 radical (unpaired) electrons. The molecule has 1 N–H and O–H groups in total. The second kappa shape index (κ2) is 7.82. The maximum Gasteiger partial charge on any atom is 0.232 e. The zero-order chi connectivity index (χ0) is 18.6. The van der Waals surface area contributed by atoms with E-state index in [1.54, 1.807) is 11.3 Å². The maximum absolute atomic E-state index is 12.3. The molecule has 4 rings (SSSR count). The molecule has 2 heterocycles. The minimum Gasteiger partial charge on any atom is -0.302 e. The Morgan fingerprint density at radius 3 is 2.59 bits per heavy atom. The smallest absolute Gasteiger partial charge is 0.232 e. The molecule has 27 heavy (non-hydrogen) atoms. The molecule has 1 amide bonds. The Bertz CT molecular complexity index is 1070. The molecular weight excluding hydrogens is 374 g/mol. The monoisotopic (exact) mass is 391 g/mol. The number of hydrogen-bond donors (Lipinski definition) is 1. The highest BCUT2D eigenvalue weighted by Gasteiger charge is 2.12. The number of nitrogens with one attached hydrogen (secondary N) is 1. The number of benzene rings is 2. The van der Waals surface area contributed by atoms with Crippen LogP contribution in [0.2, 0.25) is 0 Å². The summed E-state index contributed by atoms with van der Waals surface area (Å²) in [6.45, 7) is 2.06. The summed E-state index contributed by atoms with van der Waals surface area (Å²) in [5.41, 5.74) is 4.95. The molecule has 0 fully saturated rings. The van der Waals surface area contributed by atoms with Crippen LogP contribution < -0.4 is 5.32 Å². The highest BCUT2D eigenvalue weighted by molar-refractivity contribution is 7.14. The Morgan fingerprint density at radius 2 is 1.78 bits per heavy atom. The summed E-state index contributed by atoms with van der Waals surface area (Å²) in [5, 5.41) is 8.30. The van der Waals surface area contributed by atoms with Gasteiger partial charge in [0, 0.05) is 21.9 Å². The number of aryl methyl sites for hydroxylation is 1. The van der Waals surface area contributed by atoms with Crippen molar-refractivity contribution in [2.24, 2.45) is 0 Å². The fraction of sp³-hybridized carbons (Fsp3) is 0.0952. The predicted octanol–water partition coefficient (Wildman–Crippen LogP) is 5.42. The Balaban J connectivity index is 1.41. The topological polar surface area (TPSA) is 54.9 Å². The van der Waals surface area contributed by atoms with E-state index in [4.69, 9.17) is 0 Å². The van der Waals surface area contributed by atoms with Gasteiger partial charge >= 0.3 is 0 Å². The van der Waals surface area contributed by atoms with Crippen molar-refractivity contribution in [1.29, 1.82) is 0 Å². The fourth-order valence-electron chi connectivity index (χ4n) is 2.70. The second-order valence-corrected chi connectivity index (χ2v) is 7.86. The molecule has 0 aliphatic carbocycles. The van der Waals surface area contributed by atoms with E-state index in [9.17, 15) is 4.79 Å². The third kappa shape index (κ3) is 4.30. The van der Waals surface area contributed by atoms with Crippen LogP contribution in [0.4, 0.5) is 5.13 Å². The Labute approximate surface area is 165 Å². The van der Waals surface area contributed by atoms with Gasteiger partial charge < -0.3 is 5.32 Å². The number of anilines is 1. The molecule has 0 saturated carbocycles. The fourth-order valence-corrected chi connectivity index (χ4v) is 4.25. The van der Waals surface area contributed by atoms with E-state index in [0.717, 1.165) is 27.5 Å². The molecule has 4 aromatic rings. The molecule has 2 aromatic heterocycles. The lowest BCUT2D eigenvalue weighted by Gasteiger charge is -2.00. The highest BCUT2D eigenvalue weighted by atomic mass is 32.1. The van der Waals surface area contributed by atoms with Gasteiger partial charge in [-0.2, -0.15) is 0 Å². The van der Waals surface area contributed by atoms with Crippen LogP contribution in [0.3, 0.4) is 0 Å². The van der Waals surface area contributed by atoms with Crippen molar-refractivity contribution in [3.05, 3.63) is 76.6 Å². The molecule has 2 aromatic carbocycles. The van der Waals surface area contributed by atoms with E-state index in [1.165, 1.54) is 16.9 Å². The lowest BCUT2D eigenvalue weighted by atomic mass is 10.1. The van der Waals surface area contributed by atoms with Crippen molar-refractivity contribution >= 4 is 33.7 Å². The number of rotatable bonds is 5. The van der Waals surface area contributed by atoms with Gasteiger partial charge in [-0.25, -0.2) is 9.97 Å². The standard InChI is InChI=1S/C21H17N3OS2/c1-14-6-5-9-16(10-14)20-22-17(12-26-20)11-19(25)24-21-23-18(13-27-21)15-7-3-2-4-8-15/h2-10,12-13H,11H2,1H3,(H,23,24,25). The molecule has 0 spiro atoms. The Hall–Kier alpha value is -2.83. The molecule has 6 heteroatoms. The number of amides is 1. The van der Waals surface area contributed by atoms with Crippen LogP contribution in [-0.4, -0.2) is 15.9 Å². The molecular formula is C21H17N3OS2. The van der Waals surface area contributed by atoms with Crippen molar-refractivity contribution in [3.8, 4) is 21.8 Å². The Kier molecular flexibility index (Phi) is 5.09. The zero-order valence-electron chi connectivity index (χ0n) is 14.7. The number of hydrogen-bond acceptors (Lipinski definition) is 5. The molecule has 0 aliphatic heterocycles. The van der Waals surface area contributed by atoms with Gasteiger partial charge in [-0.15, -0.1) is 22.7 Å². The molecule has 4 nitrogen and oxygen atoms in total. The maximum atomic E-state index is 12.3. The summed E-state index contributed by atoms with van der Waals surface area (Å²) in [7, 11) is 0. The minimum absolute atomic E-state index is 0.106. The third-order valence-corrected chi connectivity index (χ3v) is 5.68. The van der Waals surface area contributed by atoms with E-state index in [-0.39, 0.29) is 12.3 Å². The van der Waals surface area contributed by atoms with Gasteiger partial charge in [-0.05, 0) is 13.0 Å². The van der Waals surface area contributed by atoms with Crippen LogP contribution in [-0.2, 0) is 11.2 Å². The van der Waals surface area contributed by atoms with Gasteiger partial charge in [0.2, 0.25) is 5.91 Å². The average molecular weight is 392 g/mol. The van der Waals surface area contributed by atoms with Gasteiger partial charge in [0.15, 0.2) is 5.13 Å². The van der Waals surface area contributed by atoms with Gasteiger partial charge in [0.1, 0.15) is 5.01 Å². The van der Waals surface area contributed by atoms with E-state index in [0.29, 0.717) is 5.13 Å². The van der Waals surface area contributed by atoms with Crippen LogP contribution >= 0.6 is 22.7 Å². The number of aromatic nitrogens is 2. The van der Waals surface area contributed by atoms with Crippen LogP contribution in [0.25, 0.3) is 21.8 Å². The first-order valence-corrected chi connectivity index (χ1v) is 10.3. The van der Waals surface area contributed by atoms with E-state index in [1.807, 2.05) is 53.2 Å². The van der Waals surface area contributed by atoms with Crippen molar-refractivity contribution in [3.63, 3.8) is 0 Å². The Morgan fingerprint density at radius 1 is 0.963 bits per heavy atom. The van der Waals surface area contributed by atoms with E-state index < -0.39 is 0 Å². The summed E-state index contributed by atoms with van der Waals surface area (Å²) in [6.07, 6.45) is 0.239. The number of nitrogens with zero attached hydrogens (tertiary/aromatic N) is 2. The highest BCUT2D eigenvalue weighted by Crippen LogP contribution is 2.26. The van der Waals surface area contributed by atoms with E-state index in [2.05, 4.69) is 34.3 Å². The van der Waals surface area contributed by atoms with Gasteiger partial charge in [-0.1, -0.05) is 54.1 Å². The third-order valence-electron chi connectivity index (χ3n) is 3.98. The number of carbonyl (C=O) groups excluding carboxylic acids is 1. The summed E-state index contributed by atoms with van der Waals surface area (Å²) in [6, 6.07) is 18.1. The summed E-state index contributed by atoms with van der Waals surface area (Å²) in [5.74, 6) is -0.106. The lowest BCUT2D eigenvalue weighted by Crippen LogP contribution is -2.14. The number of thiazole rings is 2. The lowest BCUT2D eigenvalue weighted by molar-refractivity contribution is -0.115. The van der Waals surface area contributed by atoms with Crippen LogP contribution in [0.1, 0.15) is 11.3 Å². The summed E-state index contributed by atoms with van der Waals surface area (Å²) < 4.78 is 0. The van der Waals surface area contributed by atoms with Crippen molar-refractivity contribution in [2.75, 3.05) is 5.32 Å². The minimum atomic E-state index is -0.106. The first kappa shape index (κ1) is 17.6. The van der Waals surface area contributed by atoms with Crippen molar-refractivity contribution in [2.45, 2.75) is 13.3 Å². The summed E-state index contributed by atoms with van der Waals surface area (Å²) in [4.78, 5) is 21.4. The van der Waals surface area contributed by atoms with Gasteiger partial charge in [0.05, 0.1) is 17.8 Å². The van der Waals surface area contributed by atoms with E-state index >= 15 is 0 Å². The zero-order valence-corrected chi connectivity index (χ0v) is 16.3. The van der Waals surface area contributed by atoms with Gasteiger partial charge in [0.25, 0.3) is 0 Å². The van der Waals surface area contributed by atoms with Crippen LogP contribution in [0, 0.1) is 6.92 Å². The van der Waals surface area contributed by atoms with Crippen molar-refractivity contribution < 1.29 is 4.79 Å². The number of carbonyl (C=O) groups is 1. The molecule has 0 atom stereocenters. The summed E-state index contributed by atoms with van der Waals surface area (Å²) >= 11 is 2.98. The SMILES string of the molecule is Cc1cccc(-c2nc(CC(=O)Nc3nc(-c4ccccc4)cs3)cs2)c1. The molecule has 134 valence electrons. The molecule has 0 bridgehead atoms. The predicted molar refractivity (Wildman–Crippen MR) is 112 cm³/mol. The first-order valence-electron chi connectivity index (χ1n) is 8.49. The van der Waals surface area contributed by atoms with Crippen molar-refractivity contribution in [1.82, 2.24) is 9.97 Å². The molecule has 0 unspecified atom stereocenters. The normalized spacial score (nSPS) is 10.7. The first-order chi connectivity index (χ1) is 13.2. The largest absolute Gasteiger partial charge is 0.302 e.